The third-order valence-corrected chi connectivity index (χ3v) is 7.58. The zero-order valence-corrected chi connectivity index (χ0v) is 16.4. The lowest BCUT2D eigenvalue weighted by Crippen LogP contribution is -2.56. The van der Waals surface area contributed by atoms with Crippen LogP contribution in [0, 0.1) is 5.92 Å². The average Bonchev–Trinajstić information content (AvgIpc) is 3.12. The first-order valence-electron chi connectivity index (χ1n) is 8.74. The minimum Gasteiger partial charge on any atom is -0.371 e. The van der Waals surface area contributed by atoms with E-state index in [1.54, 1.807) is 7.11 Å². The summed E-state index contributed by atoms with van der Waals surface area (Å²) in [6.45, 7) is 2.19. The van der Waals surface area contributed by atoms with Crippen molar-refractivity contribution in [1.29, 1.82) is 0 Å². The molecule has 1 fully saturated rings. The molecule has 142 valence electrons. The SMILES string of the molecule is COC1NCC(NCC2C=CCS2)=NC1C1CCC(S(C)(=O)=O)NC1. The van der Waals surface area contributed by atoms with Crippen molar-refractivity contribution in [1.82, 2.24) is 16.0 Å². The molecule has 0 saturated carbocycles. The largest absolute Gasteiger partial charge is 0.371 e. The third-order valence-electron chi connectivity index (χ3n) is 5.01. The fourth-order valence-corrected chi connectivity index (χ4v) is 5.45. The van der Waals surface area contributed by atoms with Gasteiger partial charge in [0.25, 0.3) is 0 Å². The van der Waals surface area contributed by atoms with Crippen LogP contribution in [0.1, 0.15) is 12.8 Å². The molecule has 25 heavy (non-hydrogen) atoms. The van der Waals surface area contributed by atoms with Gasteiger partial charge in [-0.3, -0.25) is 10.3 Å². The number of methoxy groups -OCH3 is 1. The minimum atomic E-state index is -3.04. The monoisotopic (exact) mass is 388 g/mol. The molecule has 3 rings (SSSR count). The minimum absolute atomic E-state index is 0.0129. The highest BCUT2D eigenvalue weighted by Gasteiger charge is 2.37. The molecule has 0 bridgehead atoms. The Morgan fingerprint density at radius 3 is 2.84 bits per heavy atom. The first kappa shape index (κ1) is 19.2. The highest BCUT2D eigenvalue weighted by Crippen LogP contribution is 2.25. The standard InChI is InChI=1S/C16H28N4O3S2/c1-23-16-15(11-5-6-14(18-8-11)25(2,21)22)20-13(10-19-16)17-9-12-4-3-7-24-12/h3-4,11-12,14-16,18-19H,5-10H2,1-2H3,(H,17,20). The van der Waals surface area contributed by atoms with Crippen molar-refractivity contribution in [3.05, 3.63) is 12.2 Å². The van der Waals surface area contributed by atoms with Crippen LogP contribution >= 0.6 is 11.8 Å². The molecule has 5 unspecified atom stereocenters. The van der Waals surface area contributed by atoms with E-state index in [4.69, 9.17) is 9.73 Å². The van der Waals surface area contributed by atoms with Gasteiger partial charge in [-0.2, -0.15) is 0 Å². The second-order valence-corrected chi connectivity index (χ2v) is 10.3. The molecular formula is C16H28N4O3S2. The summed E-state index contributed by atoms with van der Waals surface area (Å²) in [6.07, 6.45) is 7.05. The van der Waals surface area contributed by atoms with E-state index in [0.29, 0.717) is 24.8 Å². The Morgan fingerprint density at radius 1 is 1.40 bits per heavy atom. The quantitative estimate of drug-likeness (QED) is 0.569. The fraction of sp³-hybridized carbons (Fsp3) is 0.812. The van der Waals surface area contributed by atoms with Crippen LogP contribution in [0.25, 0.3) is 0 Å². The van der Waals surface area contributed by atoms with Crippen LogP contribution in [-0.2, 0) is 14.6 Å². The van der Waals surface area contributed by atoms with Crippen LogP contribution in [0.2, 0.25) is 0 Å². The molecule has 3 N–H and O–H groups in total. The van der Waals surface area contributed by atoms with E-state index in [9.17, 15) is 8.42 Å². The van der Waals surface area contributed by atoms with Gasteiger partial charge < -0.3 is 15.4 Å². The van der Waals surface area contributed by atoms with E-state index in [0.717, 1.165) is 24.6 Å². The van der Waals surface area contributed by atoms with E-state index in [2.05, 4.69) is 28.1 Å². The topological polar surface area (TPSA) is 91.8 Å². The number of hydrogen-bond donors (Lipinski definition) is 3. The summed E-state index contributed by atoms with van der Waals surface area (Å²) in [5.74, 6) is 2.30. The summed E-state index contributed by atoms with van der Waals surface area (Å²) in [7, 11) is -1.35. The number of ether oxygens (including phenoxy) is 1. The van der Waals surface area contributed by atoms with Crippen LogP contribution in [0.3, 0.4) is 0 Å². The molecule has 0 amide bonds. The molecule has 3 heterocycles. The van der Waals surface area contributed by atoms with Crippen LogP contribution in [0.4, 0.5) is 0 Å². The van der Waals surface area contributed by atoms with Gasteiger partial charge >= 0.3 is 0 Å². The summed E-state index contributed by atoms with van der Waals surface area (Å²) in [4.78, 5) is 4.90. The van der Waals surface area contributed by atoms with Crippen LogP contribution < -0.4 is 16.0 Å². The number of aliphatic imine (C=N–C) groups is 1. The second-order valence-electron chi connectivity index (χ2n) is 6.85. The lowest BCUT2D eigenvalue weighted by atomic mass is 9.90. The smallest absolute Gasteiger partial charge is 0.163 e. The van der Waals surface area contributed by atoms with Crippen molar-refractivity contribution in [3.8, 4) is 0 Å². The Morgan fingerprint density at radius 2 is 2.24 bits per heavy atom. The Kier molecular flexibility index (Phi) is 6.43. The molecule has 5 atom stereocenters. The van der Waals surface area contributed by atoms with Crippen molar-refractivity contribution in [2.45, 2.75) is 35.7 Å². The van der Waals surface area contributed by atoms with Crippen molar-refractivity contribution in [2.75, 3.05) is 38.8 Å². The molecule has 3 aliphatic rings. The molecule has 0 aromatic carbocycles. The van der Waals surface area contributed by atoms with E-state index >= 15 is 0 Å². The molecular weight excluding hydrogens is 360 g/mol. The number of rotatable bonds is 5. The lowest BCUT2D eigenvalue weighted by Gasteiger charge is -2.38. The van der Waals surface area contributed by atoms with Crippen molar-refractivity contribution in [2.24, 2.45) is 10.9 Å². The summed E-state index contributed by atoms with van der Waals surface area (Å²) >= 11 is 1.93. The summed E-state index contributed by atoms with van der Waals surface area (Å²) in [6, 6.07) is -0.0129. The van der Waals surface area contributed by atoms with E-state index < -0.39 is 15.2 Å². The zero-order valence-electron chi connectivity index (χ0n) is 14.8. The lowest BCUT2D eigenvalue weighted by molar-refractivity contribution is 0.0303. The number of nitrogens with one attached hydrogen (secondary N) is 3. The predicted molar refractivity (Wildman–Crippen MR) is 103 cm³/mol. The highest BCUT2D eigenvalue weighted by molar-refractivity contribution is 8.00. The van der Waals surface area contributed by atoms with Gasteiger partial charge in [0.2, 0.25) is 0 Å². The number of hydrogen-bond acceptors (Lipinski definition) is 8. The van der Waals surface area contributed by atoms with Crippen molar-refractivity contribution in [3.63, 3.8) is 0 Å². The summed E-state index contributed by atoms with van der Waals surface area (Å²) < 4.78 is 29.0. The summed E-state index contributed by atoms with van der Waals surface area (Å²) in [5, 5.41) is 10.1. The predicted octanol–water partition coefficient (Wildman–Crippen LogP) is -0.0393. The molecule has 0 aromatic heterocycles. The highest BCUT2D eigenvalue weighted by atomic mass is 32.2. The van der Waals surface area contributed by atoms with Crippen LogP contribution in [-0.4, -0.2) is 75.9 Å². The Bertz CT molecular complexity index is 615. The van der Waals surface area contributed by atoms with Crippen molar-refractivity contribution < 1.29 is 13.2 Å². The van der Waals surface area contributed by atoms with Gasteiger partial charge in [0.1, 0.15) is 17.4 Å². The molecule has 0 aliphatic carbocycles. The maximum atomic E-state index is 11.7. The Balaban J connectivity index is 1.60. The maximum absolute atomic E-state index is 11.7. The molecule has 1 saturated heterocycles. The molecule has 0 radical (unpaired) electrons. The fourth-order valence-electron chi connectivity index (χ4n) is 3.59. The molecule has 3 aliphatic heterocycles. The molecule has 9 heteroatoms. The van der Waals surface area contributed by atoms with Crippen LogP contribution in [0.15, 0.2) is 17.1 Å². The zero-order chi connectivity index (χ0) is 17.9. The second kappa shape index (κ2) is 8.39. The van der Waals surface area contributed by atoms with Gasteiger partial charge in [0.15, 0.2) is 9.84 Å². The first-order chi connectivity index (χ1) is 12.0. The molecule has 0 spiro atoms. The number of nitrogens with zero attached hydrogens (tertiary/aromatic N) is 1. The van der Waals surface area contributed by atoms with Gasteiger partial charge in [-0.25, -0.2) is 8.42 Å². The summed E-state index contributed by atoms with van der Waals surface area (Å²) in [5.41, 5.74) is 0. The van der Waals surface area contributed by atoms with E-state index in [-0.39, 0.29) is 18.2 Å². The van der Waals surface area contributed by atoms with Gasteiger partial charge in [-0.1, -0.05) is 12.2 Å². The molecule has 7 nitrogen and oxygen atoms in total. The maximum Gasteiger partial charge on any atom is 0.163 e. The van der Waals surface area contributed by atoms with Gasteiger partial charge in [-0.05, 0) is 18.8 Å². The van der Waals surface area contributed by atoms with Crippen molar-refractivity contribution >= 4 is 27.4 Å². The van der Waals surface area contributed by atoms with E-state index in [1.807, 2.05) is 11.8 Å². The van der Waals surface area contributed by atoms with E-state index in [1.165, 1.54) is 6.26 Å². The number of amidine groups is 1. The van der Waals surface area contributed by atoms with Gasteiger partial charge in [-0.15, -0.1) is 11.8 Å². The van der Waals surface area contributed by atoms with Gasteiger partial charge in [0, 0.05) is 37.5 Å². The Labute approximate surface area is 154 Å². The number of thioether (sulfide) groups is 1. The number of piperidine rings is 1. The normalized spacial score (nSPS) is 36.2. The Hall–Kier alpha value is -0.610. The first-order valence-corrected chi connectivity index (χ1v) is 11.7. The molecule has 0 aromatic rings. The number of sulfone groups is 1. The van der Waals surface area contributed by atoms with Gasteiger partial charge in [0.05, 0.1) is 12.6 Å². The van der Waals surface area contributed by atoms with Crippen LogP contribution in [0.5, 0.6) is 0 Å². The average molecular weight is 389 g/mol. The third kappa shape index (κ3) is 4.97.